The Balaban J connectivity index is 3.03. The lowest BCUT2D eigenvalue weighted by molar-refractivity contribution is -0.123. The maximum atomic E-state index is 12.1. The number of carbonyl (C=O) groups excluding carboxylic acids is 1. The van der Waals surface area contributed by atoms with Gasteiger partial charge in [-0.05, 0) is 19.0 Å². The van der Waals surface area contributed by atoms with Gasteiger partial charge in [-0.2, -0.15) is 11.8 Å². The minimum atomic E-state index is -0.899. The number of likely N-dealkylation sites (N-methyl/N-ethyl adjacent to an activating group) is 1. The van der Waals surface area contributed by atoms with Crippen LogP contribution in [0.5, 0.6) is 0 Å². The van der Waals surface area contributed by atoms with Crippen LogP contribution in [0.3, 0.4) is 0 Å². The number of rotatable bonds is 8. The predicted octanol–water partition coefficient (Wildman–Crippen LogP) is 1.48. The molecule has 0 radical (unpaired) electrons. The molecule has 1 aromatic rings. The molecule has 4 nitrogen and oxygen atoms in total. The smallest absolute Gasteiger partial charge is 0.243 e. The first-order valence-corrected chi connectivity index (χ1v) is 7.89. The Morgan fingerprint density at radius 2 is 2.00 bits per heavy atom. The van der Waals surface area contributed by atoms with Gasteiger partial charge in [0.15, 0.2) is 0 Å². The highest BCUT2D eigenvalue weighted by Gasteiger charge is 2.38. The van der Waals surface area contributed by atoms with Crippen LogP contribution in [-0.4, -0.2) is 34.7 Å². The number of benzene rings is 1. The monoisotopic (exact) mass is 296 g/mol. The molecule has 0 aromatic heterocycles. The minimum absolute atomic E-state index is 0.0380. The van der Waals surface area contributed by atoms with Gasteiger partial charge >= 0.3 is 0 Å². The van der Waals surface area contributed by atoms with Crippen LogP contribution in [0.1, 0.15) is 26.3 Å². The third-order valence-corrected chi connectivity index (χ3v) is 4.93. The van der Waals surface area contributed by atoms with E-state index in [1.807, 2.05) is 44.2 Å². The fourth-order valence-corrected chi connectivity index (χ4v) is 3.16. The van der Waals surface area contributed by atoms with Crippen LogP contribution in [0.2, 0.25) is 0 Å². The van der Waals surface area contributed by atoms with Crippen molar-refractivity contribution in [1.29, 1.82) is 0 Å². The van der Waals surface area contributed by atoms with Crippen molar-refractivity contribution in [2.45, 2.75) is 37.7 Å². The normalized spacial score (nSPS) is 17.2. The van der Waals surface area contributed by atoms with Gasteiger partial charge in [-0.15, -0.1) is 0 Å². The molecule has 1 aromatic carbocycles. The Bertz CT molecular complexity index is 425. The van der Waals surface area contributed by atoms with E-state index >= 15 is 0 Å². The minimum Gasteiger partial charge on any atom is -0.392 e. The molecular formula is C15H24N2O2S. The summed E-state index contributed by atoms with van der Waals surface area (Å²) in [5.41, 5.74) is 5.64. The third kappa shape index (κ3) is 3.98. The molecule has 1 rings (SSSR count). The summed E-state index contributed by atoms with van der Waals surface area (Å²) in [6, 6.07) is 9.51. The Morgan fingerprint density at radius 1 is 1.40 bits per heavy atom. The molecule has 5 heteroatoms. The van der Waals surface area contributed by atoms with Gasteiger partial charge in [0, 0.05) is 11.0 Å². The predicted molar refractivity (Wildman–Crippen MR) is 84.6 cm³/mol. The number of thioether (sulfide) groups is 1. The van der Waals surface area contributed by atoms with Crippen molar-refractivity contribution in [2.75, 3.05) is 12.3 Å². The number of aliphatic hydroxyl groups is 1. The molecule has 0 saturated heterocycles. The summed E-state index contributed by atoms with van der Waals surface area (Å²) >= 11 is 1.54. The third-order valence-electron chi connectivity index (χ3n) is 3.41. The maximum Gasteiger partial charge on any atom is 0.243 e. The molecule has 0 bridgehead atoms. The molecule has 0 aliphatic rings. The summed E-state index contributed by atoms with van der Waals surface area (Å²) in [5.74, 6) is 0.0996. The molecule has 0 aliphatic heterocycles. The Labute approximate surface area is 125 Å². The van der Waals surface area contributed by atoms with Crippen molar-refractivity contribution in [2.24, 2.45) is 5.73 Å². The largest absolute Gasteiger partial charge is 0.392 e. The molecule has 0 saturated carbocycles. The summed E-state index contributed by atoms with van der Waals surface area (Å²) in [7, 11) is 0. The van der Waals surface area contributed by atoms with Gasteiger partial charge in [-0.25, -0.2) is 0 Å². The van der Waals surface area contributed by atoms with E-state index in [9.17, 15) is 9.90 Å². The topological polar surface area (TPSA) is 75.3 Å². The molecule has 0 spiro atoms. The van der Waals surface area contributed by atoms with Crippen molar-refractivity contribution in [3.8, 4) is 0 Å². The molecule has 3 unspecified atom stereocenters. The lowest BCUT2D eigenvalue weighted by atomic mass is 9.91. The van der Waals surface area contributed by atoms with Crippen molar-refractivity contribution >= 4 is 17.7 Å². The van der Waals surface area contributed by atoms with Crippen LogP contribution in [0.4, 0.5) is 0 Å². The van der Waals surface area contributed by atoms with E-state index in [-0.39, 0.29) is 5.25 Å². The fourth-order valence-electron chi connectivity index (χ4n) is 1.96. The molecule has 0 aliphatic carbocycles. The Kier molecular flexibility index (Phi) is 6.52. The summed E-state index contributed by atoms with van der Waals surface area (Å²) in [6.07, 6.45) is -0.428. The van der Waals surface area contributed by atoms with Crippen molar-refractivity contribution in [3.63, 3.8) is 0 Å². The number of nitrogens with one attached hydrogen (secondary N) is 1. The summed E-state index contributed by atoms with van der Waals surface area (Å²) < 4.78 is 0. The molecular weight excluding hydrogens is 272 g/mol. The van der Waals surface area contributed by atoms with Crippen LogP contribution < -0.4 is 11.1 Å². The Hall–Kier alpha value is -1.04. The van der Waals surface area contributed by atoms with Crippen LogP contribution in [-0.2, 0) is 10.3 Å². The number of primary amides is 1. The quantitative estimate of drug-likeness (QED) is 0.679. The summed E-state index contributed by atoms with van der Waals surface area (Å²) in [5, 5.41) is 12.9. The number of hydrogen-bond donors (Lipinski definition) is 3. The summed E-state index contributed by atoms with van der Waals surface area (Å²) in [4.78, 5) is 12.1. The van der Waals surface area contributed by atoms with E-state index in [4.69, 9.17) is 5.73 Å². The van der Waals surface area contributed by atoms with E-state index < -0.39 is 17.6 Å². The van der Waals surface area contributed by atoms with Crippen LogP contribution >= 0.6 is 11.8 Å². The number of carbonyl (C=O) groups is 1. The van der Waals surface area contributed by atoms with Gasteiger partial charge < -0.3 is 10.8 Å². The second-order valence-electron chi connectivity index (χ2n) is 4.92. The molecule has 0 fully saturated rings. The molecule has 112 valence electrons. The van der Waals surface area contributed by atoms with Gasteiger partial charge in [0.25, 0.3) is 0 Å². The maximum absolute atomic E-state index is 12.1. The zero-order chi connectivity index (χ0) is 15.2. The second-order valence-corrected chi connectivity index (χ2v) is 6.29. The molecule has 1 amide bonds. The highest BCUT2D eigenvalue weighted by molar-refractivity contribution is 8.00. The van der Waals surface area contributed by atoms with E-state index in [1.54, 1.807) is 18.7 Å². The van der Waals surface area contributed by atoms with Crippen molar-refractivity contribution in [3.05, 3.63) is 35.9 Å². The van der Waals surface area contributed by atoms with Gasteiger partial charge in [-0.1, -0.05) is 44.2 Å². The highest BCUT2D eigenvalue weighted by Crippen LogP contribution is 2.28. The first-order chi connectivity index (χ1) is 9.44. The first kappa shape index (κ1) is 17.0. The van der Waals surface area contributed by atoms with E-state index in [1.165, 1.54) is 0 Å². The van der Waals surface area contributed by atoms with E-state index in [2.05, 4.69) is 5.32 Å². The average molecular weight is 296 g/mol. The molecule has 4 N–H and O–H groups in total. The number of nitrogens with two attached hydrogens (primary N) is 1. The number of aliphatic hydroxyl groups excluding tert-OH is 1. The zero-order valence-corrected chi connectivity index (χ0v) is 13.1. The molecule has 0 heterocycles. The number of hydrogen-bond acceptors (Lipinski definition) is 4. The van der Waals surface area contributed by atoms with Crippen LogP contribution in [0, 0.1) is 0 Å². The molecule has 3 atom stereocenters. The molecule has 20 heavy (non-hydrogen) atoms. The van der Waals surface area contributed by atoms with E-state index in [0.717, 1.165) is 5.56 Å². The fraction of sp³-hybridized carbons (Fsp3) is 0.533. The SMILES string of the molecule is CCNC(CSC(C)C(C)O)(C(N)=O)c1ccccc1. The van der Waals surface area contributed by atoms with Gasteiger partial charge in [0.2, 0.25) is 5.91 Å². The lowest BCUT2D eigenvalue weighted by Gasteiger charge is -2.33. The second kappa shape index (κ2) is 7.67. The lowest BCUT2D eigenvalue weighted by Crippen LogP contribution is -2.55. The van der Waals surface area contributed by atoms with Crippen molar-refractivity contribution < 1.29 is 9.90 Å². The highest BCUT2D eigenvalue weighted by atomic mass is 32.2. The van der Waals surface area contributed by atoms with Crippen LogP contribution in [0.15, 0.2) is 30.3 Å². The average Bonchev–Trinajstić information content (AvgIpc) is 2.43. The Morgan fingerprint density at radius 3 is 2.45 bits per heavy atom. The zero-order valence-electron chi connectivity index (χ0n) is 12.3. The van der Waals surface area contributed by atoms with Gasteiger partial charge in [0.1, 0.15) is 5.54 Å². The van der Waals surface area contributed by atoms with Gasteiger partial charge in [-0.3, -0.25) is 10.1 Å². The standard InChI is InChI=1S/C15H24N2O2S/c1-4-17-15(14(16)19,10-20-12(3)11(2)18)13-8-6-5-7-9-13/h5-9,11-12,17-18H,4,10H2,1-3H3,(H2,16,19). The number of amides is 1. The summed E-state index contributed by atoms with van der Waals surface area (Å²) in [6.45, 7) is 6.28. The van der Waals surface area contributed by atoms with Crippen LogP contribution in [0.25, 0.3) is 0 Å². The van der Waals surface area contributed by atoms with E-state index in [0.29, 0.717) is 12.3 Å². The van der Waals surface area contributed by atoms with Gasteiger partial charge in [0.05, 0.1) is 6.10 Å². The van der Waals surface area contributed by atoms with Crippen molar-refractivity contribution in [1.82, 2.24) is 5.32 Å². The first-order valence-electron chi connectivity index (χ1n) is 6.84.